The number of rotatable bonds is 3. The van der Waals surface area contributed by atoms with Crippen molar-refractivity contribution in [2.75, 3.05) is 6.61 Å². The first-order valence-electron chi connectivity index (χ1n) is 3.52. The van der Waals surface area contributed by atoms with Gasteiger partial charge in [-0.25, -0.2) is 4.98 Å². The maximum atomic E-state index is 10.6. The maximum Gasteiger partial charge on any atom is 0.225 e. The van der Waals surface area contributed by atoms with Gasteiger partial charge in [-0.2, -0.15) is 0 Å². The normalized spacial score (nSPS) is 9.50. The second-order valence-electron chi connectivity index (χ2n) is 2.06. The average Bonchev–Trinajstić information content (AvgIpc) is 2.05. The lowest BCUT2D eigenvalue weighted by Gasteiger charge is -2.04. The maximum absolute atomic E-state index is 10.6. The summed E-state index contributed by atoms with van der Waals surface area (Å²) in [5, 5.41) is 0. The first kappa shape index (κ1) is 9.44. The first-order chi connectivity index (χ1) is 5.79. The quantitative estimate of drug-likeness (QED) is 0.625. The number of pyridine rings is 1. The summed E-state index contributed by atoms with van der Waals surface area (Å²) in [4.78, 5) is 14.5. The van der Waals surface area contributed by atoms with Gasteiger partial charge in [-0.1, -0.05) is 0 Å². The lowest BCUT2D eigenvalue weighted by molar-refractivity contribution is 0.111. The first-order valence-corrected chi connectivity index (χ1v) is 4.60. The molecule has 1 aromatic heterocycles. The second-order valence-corrected chi connectivity index (χ2v) is 3.22. The van der Waals surface area contributed by atoms with E-state index in [1.54, 1.807) is 12.3 Å². The van der Waals surface area contributed by atoms with Crippen LogP contribution in [0.2, 0.25) is 0 Å². The Kier molecular flexibility index (Phi) is 3.46. The molecule has 1 heterocycles. The van der Waals surface area contributed by atoms with Gasteiger partial charge in [0.2, 0.25) is 5.88 Å². The molecule has 4 heteroatoms. The Hall–Kier alpha value is -0.650. The fraction of sp³-hybridized carbons (Fsp3) is 0.250. The molecule has 3 nitrogen and oxygen atoms in total. The van der Waals surface area contributed by atoms with Gasteiger partial charge in [0.1, 0.15) is 0 Å². The van der Waals surface area contributed by atoms with Gasteiger partial charge in [-0.3, -0.25) is 4.79 Å². The third-order valence-corrected chi connectivity index (χ3v) is 2.24. The molecule has 0 spiro atoms. The van der Waals surface area contributed by atoms with Gasteiger partial charge in [0.25, 0.3) is 0 Å². The van der Waals surface area contributed by atoms with E-state index in [1.807, 2.05) is 6.92 Å². The van der Waals surface area contributed by atoms with E-state index >= 15 is 0 Å². The summed E-state index contributed by atoms with van der Waals surface area (Å²) < 4.78 is 6.02. The summed E-state index contributed by atoms with van der Waals surface area (Å²) in [7, 11) is 0. The molecule has 0 saturated heterocycles. The van der Waals surface area contributed by atoms with Gasteiger partial charge in [-0.05, 0) is 35.6 Å². The van der Waals surface area contributed by atoms with Crippen LogP contribution in [0.3, 0.4) is 0 Å². The van der Waals surface area contributed by atoms with Crippen LogP contribution in [-0.2, 0) is 0 Å². The monoisotopic (exact) mass is 277 g/mol. The number of carbonyl (C=O) groups excluding carboxylic acids is 1. The zero-order chi connectivity index (χ0) is 8.97. The molecule has 0 radical (unpaired) electrons. The number of carbonyl (C=O) groups is 1. The standard InChI is InChI=1S/C8H8INO2/c1-2-12-8-6(5-11)7(9)3-4-10-8/h3-5H,2H2,1H3. The van der Waals surface area contributed by atoms with Gasteiger partial charge < -0.3 is 4.74 Å². The molecule has 0 aliphatic carbocycles. The fourth-order valence-electron chi connectivity index (χ4n) is 0.790. The molecule has 0 aromatic carbocycles. The van der Waals surface area contributed by atoms with Crippen molar-refractivity contribution in [3.63, 3.8) is 0 Å². The average molecular weight is 277 g/mol. The zero-order valence-corrected chi connectivity index (χ0v) is 8.74. The Balaban J connectivity index is 3.09. The van der Waals surface area contributed by atoms with Crippen molar-refractivity contribution >= 4 is 28.9 Å². The van der Waals surface area contributed by atoms with Gasteiger partial charge in [0.05, 0.1) is 12.2 Å². The molecule has 0 atom stereocenters. The highest BCUT2D eigenvalue weighted by molar-refractivity contribution is 14.1. The molecule has 0 bridgehead atoms. The van der Waals surface area contributed by atoms with Crippen LogP contribution in [0.25, 0.3) is 0 Å². The van der Waals surface area contributed by atoms with Crippen molar-refractivity contribution in [2.24, 2.45) is 0 Å². The van der Waals surface area contributed by atoms with Gasteiger partial charge in [0, 0.05) is 9.77 Å². The predicted molar refractivity (Wildman–Crippen MR) is 53.5 cm³/mol. The highest BCUT2D eigenvalue weighted by Gasteiger charge is 2.06. The molecule has 0 fully saturated rings. The highest BCUT2D eigenvalue weighted by Crippen LogP contribution is 2.18. The van der Waals surface area contributed by atoms with Crippen molar-refractivity contribution in [3.05, 3.63) is 21.4 Å². The summed E-state index contributed by atoms with van der Waals surface area (Å²) in [6.45, 7) is 2.38. The van der Waals surface area contributed by atoms with Crippen molar-refractivity contribution in [2.45, 2.75) is 6.92 Å². The molecule has 0 unspecified atom stereocenters. The van der Waals surface area contributed by atoms with E-state index in [4.69, 9.17) is 4.74 Å². The summed E-state index contributed by atoms with van der Waals surface area (Å²) in [5.74, 6) is 0.416. The molecule has 0 aliphatic rings. The van der Waals surface area contributed by atoms with Crippen molar-refractivity contribution in [1.29, 1.82) is 0 Å². The molecule has 0 amide bonds. The van der Waals surface area contributed by atoms with Crippen LogP contribution in [0.1, 0.15) is 17.3 Å². The predicted octanol–water partition coefficient (Wildman–Crippen LogP) is 1.90. The van der Waals surface area contributed by atoms with Crippen LogP contribution < -0.4 is 4.74 Å². The molecule has 0 aliphatic heterocycles. The summed E-state index contributed by atoms with van der Waals surface area (Å²) >= 11 is 2.07. The zero-order valence-electron chi connectivity index (χ0n) is 6.58. The molecule has 0 saturated carbocycles. The van der Waals surface area contributed by atoms with E-state index in [0.29, 0.717) is 18.1 Å². The van der Waals surface area contributed by atoms with Crippen LogP contribution >= 0.6 is 22.6 Å². The molecule has 64 valence electrons. The van der Waals surface area contributed by atoms with E-state index in [9.17, 15) is 4.79 Å². The van der Waals surface area contributed by atoms with Crippen LogP contribution in [0.15, 0.2) is 12.3 Å². The Morgan fingerprint density at radius 1 is 1.75 bits per heavy atom. The van der Waals surface area contributed by atoms with E-state index < -0.39 is 0 Å². The minimum Gasteiger partial charge on any atom is -0.477 e. The Bertz CT molecular complexity index is 288. The van der Waals surface area contributed by atoms with E-state index in [-0.39, 0.29) is 0 Å². The Morgan fingerprint density at radius 2 is 2.50 bits per heavy atom. The van der Waals surface area contributed by atoms with Gasteiger partial charge in [0.15, 0.2) is 6.29 Å². The van der Waals surface area contributed by atoms with Crippen molar-refractivity contribution in [3.8, 4) is 5.88 Å². The lowest BCUT2D eigenvalue weighted by atomic mass is 10.3. The number of halogens is 1. The number of hydrogen-bond donors (Lipinski definition) is 0. The molecular formula is C8H8INO2. The van der Waals surface area contributed by atoms with E-state index in [0.717, 1.165) is 9.86 Å². The summed E-state index contributed by atoms with van der Waals surface area (Å²) in [5.41, 5.74) is 0.528. The smallest absolute Gasteiger partial charge is 0.225 e. The molecular weight excluding hydrogens is 269 g/mol. The number of aromatic nitrogens is 1. The van der Waals surface area contributed by atoms with E-state index in [2.05, 4.69) is 27.6 Å². The summed E-state index contributed by atoms with van der Waals surface area (Å²) in [6.07, 6.45) is 2.39. The van der Waals surface area contributed by atoms with Crippen LogP contribution in [0, 0.1) is 3.57 Å². The van der Waals surface area contributed by atoms with E-state index in [1.165, 1.54) is 0 Å². The lowest BCUT2D eigenvalue weighted by Crippen LogP contribution is -2.00. The fourth-order valence-corrected chi connectivity index (χ4v) is 1.31. The van der Waals surface area contributed by atoms with Gasteiger partial charge >= 0.3 is 0 Å². The number of nitrogens with zero attached hydrogens (tertiary/aromatic N) is 1. The minimum atomic E-state index is 0.416. The second kappa shape index (κ2) is 4.39. The number of hydrogen-bond acceptors (Lipinski definition) is 3. The molecule has 1 rings (SSSR count). The molecule has 12 heavy (non-hydrogen) atoms. The third-order valence-electron chi connectivity index (χ3n) is 1.30. The SMILES string of the molecule is CCOc1nccc(I)c1C=O. The van der Waals surface area contributed by atoms with Crippen LogP contribution in [-0.4, -0.2) is 17.9 Å². The molecule has 0 N–H and O–H groups in total. The largest absolute Gasteiger partial charge is 0.477 e. The molecule has 1 aromatic rings. The topological polar surface area (TPSA) is 39.2 Å². The summed E-state index contributed by atoms with van der Waals surface area (Å²) in [6, 6.07) is 1.77. The van der Waals surface area contributed by atoms with Crippen LogP contribution in [0.5, 0.6) is 5.88 Å². The highest BCUT2D eigenvalue weighted by atomic mass is 127. The third kappa shape index (κ3) is 1.94. The Labute approximate surface area is 84.3 Å². The van der Waals surface area contributed by atoms with Crippen molar-refractivity contribution in [1.82, 2.24) is 4.98 Å². The number of aldehydes is 1. The minimum absolute atomic E-state index is 0.416. The van der Waals surface area contributed by atoms with Crippen LogP contribution in [0.4, 0.5) is 0 Å². The number of ether oxygens (including phenoxy) is 1. The van der Waals surface area contributed by atoms with Gasteiger partial charge in [-0.15, -0.1) is 0 Å². The Morgan fingerprint density at radius 3 is 3.08 bits per heavy atom. The van der Waals surface area contributed by atoms with Crippen molar-refractivity contribution < 1.29 is 9.53 Å².